The molecular weight excluding hydrogens is 573 g/mol. The number of carbonyl (C=O) groups excluding carboxylic acids is 1. The highest BCUT2D eigenvalue weighted by Gasteiger charge is 2.42. The molecule has 4 aliphatic rings. The summed E-state index contributed by atoms with van der Waals surface area (Å²) in [6.07, 6.45) is 0.667. The molecule has 0 aliphatic carbocycles. The lowest BCUT2D eigenvalue weighted by atomic mass is 9.85. The molecule has 0 amide bonds. The van der Waals surface area contributed by atoms with Crippen LogP contribution in [0.1, 0.15) is 60.9 Å². The average Bonchev–Trinajstić information content (AvgIpc) is 3.41. The van der Waals surface area contributed by atoms with Gasteiger partial charge >= 0.3 is 17.8 Å². The van der Waals surface area contributed by atoms with E-state index in [1.807, 2.05) is 0 Å². The molecule has 3 saturated heterocycles. The molecule has 1 aromatic heterocycles. The van der Waals surface area contributed by atoms with Crippen LogP contribution in [0.25, 0.3) is 0 Å². The minimum Gasteiger partial charge on any atom is -0.466 e. The monoisotopic (exact) mass is 607 g/mol. The first-order valence-electron chi connectivity index (χ1n) is 14.9. The maximum Gasteiger partial charge on any atom is 0.416 e. The van der Waals surface area contributed by atoms with E-state index >= 15 is 0 Å². The van der Waals surface area contributed by atoms with Crippen molar-refractivity contribution in [1.29, 1.82) is 5.26 Å². The Kier molecular flexibility index (Phi) is 7.61. The van der Waals surface area contributed by atoms with Crippen LogP contribution in [-0.2, 0) is 22.1 Å². The number of halogens is 3. The molecule has 230 valence electrons. The number of benzene rings is 2. The van der Waals surface area contributed by atoms with Gasteiger partial charge in [0.15, 0.2) is 0 Å². The van der Waals surface area contributed by atoms with E-state index in [0.29, 0.717) is 17.5 Å². The highest BCUT2D eigenvalue weighted by molar-refractivity contribution is 5.93. The van der Waals surface area contributed by atoms with Gasteiger partial charge < -0.3 is 9.22 Å². The Morgan fingerprint density at radius 1 is 1.16 bits per heavy atom. The minimum absolute atomic E-state index is 0.0364. The van der Waals surface area contributed by atoms with Crippen LogP contribution in [0.4, 0.5) is 24.8 Å². The van der Waals surface area contributed by atoms with Crippen molar-refractivity contribution in [3.63, 3.8) is 0 Å². The molecular formula is C32H34F3N6O3+. The molecule has 0 saturated carbocycles. The third-order valence-electron chi connectivity index (χ3n) is 9.66. The lowest BCUT2D eigenvalue weighted by Crippen LogP contribution is -2.58. The minimum atomic E-state index is -4.60. The zero-order valence-corrected chi connectivity index (χ0v) is 24.7. The number of piperidine rings is 3. The van der Waals surface area contributed by atoms with E-state index in [2.05, 4.69) is 16.3 Å². The van der Waals surface area contributed by atoms with Gasteiger partial charge in [-0.2, -0.15) is 18.4 Å². The second-order valence-corrected chi connectivity index (χ2v) is 12.1. The van der Waals surface area contributed by atoms with E-state index in [9.17, 15) is 28.0 Å². The Balaban J connectivity index is 1.45. The SMILES string of the molecule is COC(=O)C1=C(C)N(c2cccc(C(F)(F)F)c2)c2n[nH]c(=O)n2C1c1ccc(C#N)cc1CCC[N+]12CCC(CC1)CC2. The number of nitrogens with zero attached hydrogens (tertiary/aromatic N) is 5. The lowest BCUT2D eigenvalue weighted by Gasteiger charge is -2.49. The third-order valence-corrected chi connectivity index (χ3v) is 9.66. The fraction of sp³-hybridized carbons (Fsp3) is 0.438. The molecule has 44 heavy (non-hydrogen) atoms. The zero-order chi connectivity index (χ0) is 31.2. The summed E-state index contributed by atoms with van der Waals surface area (Å²) in [6.45, 7) is 6.16. The number of aromatic amines is 1. The maximum absolute atomic E-state index is 13.6. The van der Waals surface area contributed by atoms with Gasteiger partial charge in [0.1, 0.15) is 6.04 Å². The number of quaternary nitrogens is 1. The van der Waals surface area contributed by atoms with E-state index < -0.39 is 29.4 Å². The first-order chi connectivity index (χ1) is 21.0. The fourth-order valence-electron chi connectivity index (χ4n) is 7.32. The van der Waals surface area contributed by atoms with E-state index in [-0.39, 0.29) is 22.9 Å². The number of nitriles is 1. The summed E-state index contributed by atoms with van der Waals surface area (Å²) in [7, 11) is 1.22. The van der Waals surface area contributed by atoms with E-state index in [1.165, 1.54) is 67.6 Å². The number of nitrogens with one attached hydrogen (secondary N) is 1. The molecule has 3 aromatic rings. The molecule has 5 heterocycles. The number of H-pyrrole nitrogens is 1. The summed E-state index contributed by atoms with van der Waals surface area (Å²) in [5, 5.41) is 16.3. The number of fused-ring (bicyclic) bond motifs is 4. The summed E-state index contributed by atoms with van der Waals surface area (Å²) in [6, 6.07) is 11.0. The third kappa shape index (κ3) is 5.19. The van der Waals surface area contributed by atoms with Gasteiger partial charge in [0.2, 0.25) is 5.95 Å². The van der Waals surface area contributed by atoms with Crippen LogP contribution in [0, 0.1) is 17.2 Å². The zero-order valence-electron chi connectivity index (χ0n) is 24.7. The van der Waals surface area contributed by atoms with Gasteiger partial charge in [-0.3, -0.25) is 4.90 Å². The molecule has 2 bridgehead atoms. The summed E-state index contributed by atoms with van der Waals surface area (Å²) in [5.74, 6) is 0.160. The van der Waals surface area contributed by atoms with Crippen LogP contribution >= 0.6 is 0 Å². The molecule has 3 fully saturated rings. The number of hydrogen-bond donors (Lipinski definition) is 1. The summed E-state index contributed by atoms with van der Waals surface area (Å²) < 4.78 is 48.5. The van der Waals surface area contributed by atoms with E-state index in [0.717, 1.165) is 41.1 Å². The van der Waals surface area contributed by atoms with E-state index in [1.54, 1.807) is 25.1 Å². The van der Waals surface area contributed by atoms with Crippen molar-refractivity contribution in [1.82, 2.24) is 14.8 Å². The molecule has 1 unspecified atom stereocenters. The van der Waals surface area contributed by atoms with Crippen molar-refractivity contribution >= 4 is 17.6 Å². The molecule has 0 spiro atoms. The van der Waals surface area contributed by atoms with Gasteiger partial charge in [0.05, 0.1) is 56.1 Å². The molecule has 0 radical (unpaired) electrons. The predicted molar refractivity (Wildman–Crippen MR) is 156 cm³/mol. The molecule has 12 heteroatoms. The van der Waals surface area contributed by atoms with Crippen LogP contribution in [0.15, 0.2) is 58.5 Å². The second kappa shape index (κ2) is 11.3. The number of aryl methyl sites for hydroxylation is 1. The second-order valence-electron chi connectivity index (χ2n) is 12.1. The smallest absolute Gasteiger partial charge is 0.416 e. The Morgan fingerprint density at radius 2 is 1.89 bits per heavy atom. The van der Waals surface area contributed by atoms with Crippen molar-refractivity contribution in [3.05, 3.63) is 86.5 Å². The number of alkyl halides is 3. The van der Waals surface area contributed by atoms with E-state index in [4.69, 9.17) is 4.74 Å². The Hall–Kier alpha value is -4.37. The molecule has 2 aromatic carbocycles. The van der Waals surface area contributed by atoms with Crippen LogP contribution in [0.5, 0.6) is 0 Å². The number of hydrogen-bond acceptors (Lipinski definition) is 6. The Labute approximate surface area is 252 Å². The van der Waals surface area contributed by atoms with Crippen molar-refractivity contribution in [2.24, 2.45) is 5.92 Å². The standard InChI is InChI=1S/C32H33F3N6O3/c1-20-27(29(42)44-2)28(40-30(37-38-31(40)43)39(20)25-7-3-6-24(18-25)32(33,34)35)26-9-8-22(19-36)17-23(26)5-4-13-41-14-10-21(11-15-41)12-16-41/h3,6-9,17-18,21,28H,4-5,10-16H2,1-2H3/p+1. The molecule has 1 atom stereocenters. The molecule has 9 nitrogen and oxygen atoms in total. The first-order valence-corrected chi connectivity index (χ1v) is 14.9. The lowest BCUT2D eigenvalue weighted by molar-refractivity contribution is -0.942. The predicted octanol–water partition coefficient (Wildman–Crippen LogP) is 5.21. The summed E-state index contributed by atoms with van der Waals surface area (Å²) in [5.41, 5.74) is 0.833. The number of ether oxygens (including phenoxy) is 1. The van der Waals surface area contributed by atoms with Gasteiger partial charge in [0, 0.05) is 17.8 Å². The number of esters is 1. The molecule has 7 rings (SSSR count). The van der Waals surface area contributed by atoms with Gasteiger partial charge in [-0.05, 0) is 80.0 Å². The average molecular weight is 608 g/mol. The van der Waals surface area contributed by atoms with Crippen molar-refractivity contribution in [3.8, 4) is 6.07 Å². The van der Waals surface area contributed by atoms with Gasteiger partial charge in [0.25, 0.3) is 0 Å². The van der Waals surface area contributed by atoms with Crippen LogP contribution in [0.2, 0.25) is 0 Å². The Morgan fingerprint density at radius 3 is 2.55 bits per heavy atom. The van der Waals surface area contributed by atoms with Crippen LogP contribution < -0.4 is 10.6 Å². The summed E-state index contributed by atoms with van der Waals surface area (Å²) >= 11 is 0. The molecule has 4 aliphatic heterocycles. The van der Waals surface area contributed by atoms with Crippen molar-refractivity contribution in [2.45, 2.75) is 51.2 Å². The van der Waals surface area contributed by atoms with Crippen LogP contribution in [0.3, 0.4) is 0 Å². The number of anilines is 2. The number of rotatable bonds is 7. The topological polar surface area (TPSA) is 104 Å². The number of methoxy groups -OCH3 is 1. The largest absolute Gasteiger partial charge is 0.466 e. The summed E-state index contributed by atoms with van der Waals surface area (Å²) in [4.78, 5) is 28.2. The number of allylic oxidation sites excluding steroid dienone is 1. The fourth-order valence-corrected chi connectivity index (χ4v) is 7.32. The highest BCUT2D eigenvalue weighted by atomic mass is 19.4. The quantitative estimate of drug-likeness (QED) is 0.292. The van der Waals surface area contributed by atoms with Gasteiger partial charge in [-0.1, -0.05) is 12.1 Å². The number of carbonyl (C=O) groups is 1. The number of aromatic nitrogens is 3. The maximum atomic E-state index is 13.6. The highest BCUT2D eigenvalue weighted by Crippen LogP contribution is 2.44. The Bertz CT molecular complexity index is 1710. The van der Waals surface area contributed by atoms with Crippen LogP contribution in [-0.4, -0.2) is 58.5 Å². The van der Waals surface area contributed by atoms with Crippen molar-refractivity contribution < 1.29 is 27.2 Å². The van der Waals surface area contributed by atoms with Gasteiger partial charge in [-0.25, -0.2) is 19.3 Å². The molecule has 1 N–H and O–H groups in total. The normalized spacial score (nSPS) is 23.0. The van der Waals surface area contributed by atoms with Crippen molar-refractivity contribution in [2.75, 3.05) is 38.2 Å². The first kappa shape index (κ1) is 29.7. The van der Waals surface area contributed by atoms with Gasteiger partial charge in [-0.15, -0.1) is 5.10 Å².